The molecule has 12 heteroatoms. The first-order chi connectivity index (χ1) is 20.1. The summed E-state index contributed by atoms with van der Waals surface area (Å²) in [4.78, 5) is 11.8. The summed E-state index contributed by atoms with van der Waals surface area (Å²) < 4.78 is 34.0. The summed E-state index contributed by atoms with van der Waals surface area (Å²) in [6.45, 7) is 3.84. The van der Waals surface area contributed by atoms with Crippen LogP contribution in [-0.4, -0.2) is 28.5 Å². The summed E-state index contributed by atoms with van der Waals surface area (Å²) in [6.07, 6.45) is 0. The lowest BCUT2D eigenvalue weighted by Crippen LogP contribution is -2.48. The van der Waals surface area contributed by atoms with Gasteiger partial charge in [0.15, 0.2) is 12.3 Å². The third-order valence-corrected chi connectivity index (χ3v) is 6.94. The number of aryl methyl sites for hydroxylation is 1. The molecule has 0 aliphatic rings. The van der Waals surface area contributed by atoms with Crippen LogP contribution in [0.4, 0.5) is 22.7 Å². The van der Waals surface area contributed by atoms with E-state index in [1.807, 2.05) is 79.7 Å². The molecule has 214 valence electrons. The molecule has 4 N–H and O–H groups in total. The predicted octanol–water partition coefficient (Wildman–Crippen LogP) is 5.48. The van der Waals surface area contributed by atoms with Gasteiger partial charge in [0.2, 0.25) is 0 Å². The van der Waals surface area contributed by atoms with Crippen LogP contribution >= 0.6 is 0 Å². The van der Waals surface area contributed by atoms with Crippen molar-refractivity contribution in [1.29, 1.82) is 0 Å². The first kappa shape index (κ1) is 29.8. The van der Waals surface area contributed by atoms with Gasteiger partial charge in [-0.05, 0) is 60.7 Å². The Morgan fingerprint density at radius 1 is 0.833 bits per heavy atom. The first-order valence-electron chi connectivity index (χ1n) is 12.8. The molecule has 4 aromatic carbocycles. The van der Waals surface area contributed by atoms with Crippen LogP contribution in [0.15, 0.2) is 124 Å². The van der Waals surface area contributed by atoms with Crippen LogP contribution in [0.3, 0.4) is 0 Å². The Hall–Kier alpha value is -5.20. The molecule has 0 radical (unpaired) electrons. The van der Waals surface area contributed by atoms with Crippen molar-refractivity contribution in [2.24, 2.45) is 10.2 Å². The third-order valence-electron chi connectivity index (χ3n) is 6.07. The normalized spacial score (nSPS) is 11.1. The van der Waals surface area contributed by atoms with Crippen LogP contribution in [0.25, 0.3) is 0 Å². The van der Waals surface area contributed by atoms with E-state index in [0.29, 0.717) is 22.8 Å². The maximum atomic E-state index is 12.0. The van der Waals surface area contributed by atoms with Crippen molar-refractivity contribution in [3.63, 3.8) is 0 Å². The molecule has 0 saturated carbocycles. The second kappa shape index (κ2) is 13.4. The van der Waals surface area contributed by atoms with Crippen LogP contribution < -0.4 is 15.8 Å². The molecule has 5 rings (SSSR count). The van der Waals surface area contributed by atoms with Crippen molar-refractivity contribution in [3.05, 3.63) is 126 Å². The minimum Gasteiger partial charge on any atom is -0.356 e. The number of ketones is 1. The third kappa shape index (κ3) is 8.16. The van der Waals surface area contributed by atoms with E-state index in [4.69, 9.17) is 10.4 Å². The van der Waals surface area contributed by atoms with Crippen LogP contribution in [-0.2, 0) is 16.7 Å². The van der Waals surface area contributed by atoms with Crippen molar-refractivity contribution in [1.82, 2.24) is 9.78 Å². The molecule has 0 atom stereocenters. The molecular weight excluding hydrogens is 554 g/mol. The highest BCUT2D eigenvalue weighted by molar-refractivity contribution is 7.85. The number of anilines is 2. The Morgan fingerprint density at radius 2 is 1.33 bits per heavy atom. The highest BCUT2D eigenvalue weighted by Crippen LogP contribution is 2.23. The van der Waals surface area contributed by atoms with Gasteiger partial charge in [0.1, 0.15) is 0 Å². The largest absolute Gasteiger partial charge is 0.356 e. The van der Waals surface area contributed by atoms with Crippen LogP contribution in [0, 0.1) is 13.8 Å². The molecule has 0 spiro atoms. The molecular formula is C30H30N7O4S+. The van der Waals surface area contributed by atoms with Crippen molar-refractivity contribution in [2.75, 3.05) is 11.2 Å². The monoisotopic (exact) mass is 584 g/mol. The topological polar surface area (TPSA) is 156 Å². The number of nitrogens with two attached hydrogens (primary N) is 1. The number of carbonyl (C=O) groups excluding carboxylic acids is 1. The van der Waals surface area contributed by atoms with E-state index in [0.717, 1.165) is 17.2 Å². The van der Waals surface area contributed by atoms with Gasteiger partial charge < -0.3 is 5.32 Å². The van der Waals surface area contributed by atoms with Gasteiger partial charge in [0.05, 0.1) is 16.3 Å². The summed E-state index contributed by atoms with van der Waals surface area (Å²) in [7, 11) is -4.20. The van der Waals surface area contributed by atoms with Gasteiger partial charge in [-0.1, -0.05) is 48.5 Å². The molecule has 42 heavy (non-hydrogen) atoms. The first-order valence-corrected chi connectivity index (χ1v) is 14.2. The lowest BCUT2D eigenvalue weighted by molar-refractivity contribution is -0.652. The number of hydrogen-bond acceptors (Lipinski definition) is 8. The fraction of sp³-hybridized carbons (Fsp3) is 0.100. The summed E-state index contributed by atoms with van der Waals surface area (Å²) in [5, 5.41) is 15.6. The van der Waals surface area contributed by atoms with E-state index >= 15 is 0 Å². The maximum absolute atomic E-state index is 12.0. The van der Waals surface area contributed by atoms with Crippen molar-refractivity contribution < 1.29 is 22.4 Å². The number of nitrogens with one attached hydrogen (secondary N) is 1. The summed E-state index contributed by atoms with van der Waals surface area (Å²) in [5.74, 6) is 7.20. The van der Waals surface area contributed by atoms with Crippen molar-refractivity contribution in [3.8, 4) is 0 Å². The Balaban J connectivity index is 0.000000208. The lowest BCUT2D eigenvalue weighted by Gasteiger charge is -2.05. The molecule has 0 aliphatic heterocycles. The number of azo groups is 1. The van der Waals surface area contributed by atoms with Gasteiger partial charge in [-0.2, -0.15) is 18.6 Å². The van der Waals surface area contributed by atoms with E-state index in [9.17, 15) is 13.2 Å². The number of nitrogens with zero attached hydrogens (tertiary/aromatic N) is 5. The molecule has 1 aromatic heterocycles. The van der Waals surface area contributed by atoms with E-state index in [2.05, 4.69) is 20.6 Å². The number of carbonyl (C=O) groups is 1. The Morgan fingerprint density at radius 3 is 1.83 bits per heavy atom. The number of hydrogen-bond donors (Lipinski definition) is 3. The van der Waals surface area contributed by atoms with E-state index in [1.165, 1.54) is 28.9 Å². The fourth-order valence-electron chi connectivity index (χ4n) is 3.75. The number of Topliss-reactive ketones (excluding diaryl/α,β-unsaturated/α-hetero) is 1. The molecule has 1 heterocycles. The standard InChI is InChI=1S/C18H15N3O3S.C12H15N4O/c22-25(23,24)18-12-10-17(11-13-18)21-20-16-8-6-15(7-9-16)19-14-4-2-1-3-5-14;1-9-14-15(10(2)16(9)13)8-12(17)11-6-4-3-5-7-11/h1-13,19H,(H,22,23,24);3-7H,8,13H2,1-2H3/q;+1. The second-order valence-corrected chi connectivity index (χ2v) is 10.5. The van der Waals surface area contributed by atoms with Gasteiger partial charge >= 0.3 is 0 Å². The molecule has 0 bridgehead atoms. The van der Waals surface area contributed by atoms with Gasteiger partial charge in [-0.15, -0.1) is 9.36 Å². The van der Waals surface area contributed by atoms with Crippen molar-refractivity contribution >= 4 is 38.7 Å². The molecule has 0 fully saturated rings. The number of benzene rings is 4. The van der Waals surface area contributed by atoms with Gasteiger partial charge in [0, 0.05) is 35.9 Å². The van der Waals surface area contributed by atoms with Crippen LogP contribution in [0.5, 0.6) is 0 Å². The minimum atomic E-state index is -4.20. The van der Waals surface area contributed by atoms with E-state index < -0.39 is 10.1 Å². The Labute approximate surface area is 243 Å². The van der Waals surface area contributed by atoms with Gasteiger partial charge in [-0.25, -0.2) is 0 Å². The van der Waals surface area contributed by atoms with Gasteiger partial charge in [0.25, 0.3) is 21.8 Å². The van der Waals surface area contributed by atoms with E-state index in [-0.39, 0.29) is 17.2 Å². The fourth-order valence-corrected chi connectivity index (χ4v) is 4.23. The van der Waals surface area contributed by atoms with Crippen LogP contribution in [0.2, 0.25) is 0 Å². The van der Waals surface area contributed by atoms with E-state index in [1.54, 1.807) is 23.7 Å². The molecule has 0 saturated heterocycles. The number of nitrogen functional groups attached to an aromatic ring is 1. The lowest BCUT2D eigenvalue weighted by atomic mass is 10.1. The SMILES string of the molecule is Cc1nn(CC(=O)c2ccccc2)c(C)[n+]1N.O=S(=O)(O)c1ccc(N=Nc2ccc(Nc3ccccc3)cc2)cc1. The van der Waals surface area contributed by atoms with Gasteiger partial charge in [-0.3, -0.25) is 15.2 Å². The summed E-state index contributed by atoms with van der Waals surface area (Å²) >= 11 is 0. The highest BCUT2D eigenvalue weighted by Gasteiger charge is 2.20. The number of rotatable bonds is 8. The zero-order valence-corrected chi connectivity index (χ0v) is 23.8. The molecule has 0 unspecified atom stereocenters. The number of para-hydroxylation sites is 1. The molecule has 0 aliphatic carbocycles. The quantitative estimate of drug-likeness (QED) is 0.0717. The van der Waals surface area contributed by atoms with Crippen LogP contribution in [0.1, 0.15) is 22.0 Å². The number of aromatic nitrogens is 3. The Bertz CT molecular complexity index is 1770. The minimum absolute atomic E-state index is 0.0248. The van der Waals surface area contributed by atoms with Crippen molar-refractivity contribution in [2.45, 2.75) is 25.3 Å². The average Bonchev–Trinajstić information content (AvgIpc) is 3.24. The smallest absolute Gasteiger partial charge is 0.295 e. The summed E-state index contributed by atoms with van der Waals surface area (Å²) in [6, 6.07) is 31.9. The summed E-state index contributed by atoms with van der Waals surface area (Å²) in [5.41, 5.74) is 3.76. The Kier molecular flexibility index (Phi) is 9.53. The zero-order valence-electron chi connectivity index (χ0n) is 23.0. The molecule has 11 nitrogen and oxygen atoms in total. The highest BCUT2D eigenvalue weighted by atomic mass is 32.2. The molecule has 0 amide bonds. The predicted molar refractivity (Wildman–Crippen MR) is 159 cm³/mol. The molecule has 5 aromatic rings. The maximum Gasteiger partial charge on any atom is 0.295 e. The second-order valence-electron chi connectivity index (χ2n) is 9.12. The zero-order chi connectivity index (χ0) is 30.1. The average molecular weight is 585 g/mol.